The Hall–Kier alpha value is -5.27. The molecule has 0 amide bonds. The molecule has 0 radical (unpaired) electrons. The Morgan fingerprint density at radius 1 is 1.02 bits per heavy atom. The largest absolute Gasteiger partial charge is 0.508 e. The van der Waals surface area contributed by atoms with Crippen LogP contribution in [0.25, 0.3) is 33.2 Å². The van der Waals surface area contributed by atoms with Crippen molar-refractivity contribution in [3.8, 4) is 29.4 Å². The van der Waals surface area contributed by atoms with Crippen LogP contribution in [0.4, 0.5) is 10.2 Å². The fourth-order valence-electron chi connectivity index (χ4n) is 4.65. The summed E-state index contributed by atoms with van der Waals surface area (Å²) in [5, 5.41) is 15.2. The Bertz CT molecular complexity index is 2050. The lowest BCUT2D eigenvalue weighted by Gasteiger charge is -2.15. The highest BCUT2D eigenvalue weighted by Gasteiger charge is 2.21. The van der Waals surface area contributed by atoms with Crippen LogP contribution in [-0.4, -0.2) is 34.4 Å². The number of aromatic nitrogens is 6. The van der Waals surface area contributed by atoms with Crippen molar-refractivity contribution in [2.24, 2.45) is 0 Å². The quantitative estimate of drug-likeness (QED) is 0.305. The zero-order valence-electron chi connectivity index (χ0n) is 20.7. The third-order valence-electron chi connectivity index (χ3n) is 6.57. The number of anilines is 1. The third kappa shape index (κ3) is 4.19. The van der Waals surface area contributed by atoms with E-state index >= 15 is 0 Å². The van der Waals surface area contributed by atoms with Crippen molar-refractivity contribution in [3.63, 3.8) is 0 Å². The molecule has 0 atom stereocenters. The maximum absolute atomic E-state index is 14.9. The summed E-state index contributed by atoms with van der Waals surface area (Å²) < 4.78 is 17.9. The van der Waals surface area contributed by atoms with Crippen molar-refractivity contribution in [2.75, 3.05) is 5.73 Å². The number of rotatable bonds is 5. The van der Waals surface area contributed by atoms with Crippen LogP contribution >= 0.6 is 11.6 Å². The summed E-state index contributed by atoms with van der Waals surface area (Å²) in [5.74, 6) is 2.49. The van der Waals surface area contributed by atoms with Gasteiger partial charge in [-0.15, -0.1) is 6.42 Å². The Labute approximate surface area is 231 Å². The first-order chi connectivity index (χ1) is 19.4. The Morgan fingerprint density at radius 3 is 2.58 bits per heavy atom. The number of phenolic OH excluding ortho intramolecular Hbond substituents is 1. The monoisotopic (exact) mass is 551 g/mol. The molecular formula is C29H19ClFN7O2. The van der Waals surface area contributed by atoms with E-state index in [2.05, 4.69) is 15.9 Å². The molecule has 0 spiro atoms. The van der Waals surface area contributed by atoms with Crippen LogP contribution in [0.15, 0.2) is 71.8 Å². The topological polar surface area (TPSA) is 125 Å². The average Bonchev–Trinajstić information content (AvgIpc) is 3.32. The van der Waals surface area contributed by atoms with Gasteiger partial charge in [0.15, 0.2) is 5.65 Å². The number of terminal acetylenes is 1. The Morgan fingerprint density at radius 2 is 1.80 bits per heavy atom. The number of nitrogens with zero attached hydrogens (tertiary/aromatic N) is 6. The van der Waals surface area contributed by atoms with Gasteiger partial charge in [0.25, 0.3) is 5.56 Å². The first-order valence-corrected chi connectivity index (χ1v) is 12.4. The molecule has 3 aromatic carbocycles. The molecule has 0 unspecified atom stereocenters. The van der Waals surface area contributed by atoms with Gasteiger partial charge in [0.1, 0.15) is 41.8 Å². The Kier molecular flexibility index (Phi) is 6.13. The summed E-state index contributed by atoms with van der Waals surface area (Å²) in [5.41, 5.74) is 8.33. The average molecular weight is 552 g/mol. The molecule has 3 aromatic heterocycles. The van der Waals surface area contributed by atoms with E-state index in [1.165, 1.54) is 29.1 Å². The number of hydrogen-bond acceptors (Lipinski definition) is 7. The normalized spacial score (nSPS) is 11.2. The Balaban J connectivity index is 1.58. The molecule has 40 heavy (non-hydrogen) atoms. The second kappa shape index (κ2) is 9.80. The van der Waals surface area contributed by atoms with E-state index in [0.717, 1.165) is 0 Å². The summed E-state index contributed by atoms with van der Waals surface area (Å²) >= 11 is 6.02. The molecule has 6 rings (SSSR count). The van der Waals surface area contributed by atoms with Gasteiger partial charge in [-0.2, -0.15) is 5.10 Å². The van der Waals surface area contributed by atoms with Crippen molar-refractivity contribution < 1.29 is 9.50 Å². The zero-order valence-corrected chi connectivity index (χ0v) is 21.5. The smallest absolute Gasteiger partial charge is 0.263 e. The highest BCUT2D eigenvalue weighted by Crippen LogP contribution is 2.31. The van der Waals surface area contributed by atoms with Crippen LogP contribution < -0.4 is 11.3 Å². The minimum absolute atomic E-state index is 0.0152. The van der Waals surface area contributed by atoms with Crippen molar-refractivity contribution in [1.29, 1.82) is 0 Å². The third-order valence-corrected chi connectivity index (χ3v) is 6.86. The molecular weight excluding hydrogens is 533 g/mol. The lowest BCUT2D eigenvalue weighted by Crippen LogP contribution is -2.28. The van der Waals surface area contributed by atoms with Crippen LogP contribution in [0.3, 0.4) is 0 Å². The van der Waals surface area contributed by atoms with Crippen molar-refractivity contribution in [3.05, 3.63) is 105 Å². The van der Waals surface area contributed by atoms with Crippen LogP contribution in [0, 0.1) is 18.2 Å². The van der Waals surface area contributed by atoms with E-state index in [9.17, 15) is 14.3 Å². The minimum Gasteiger partial charge on any atom is -0.508 e. The van der Waals surface area contributed by atoms with Crippen molar-refractivity contribution in [1.82, 2.24) is 29.3 Å². The van der Waals surface area contributed by atoms with E-state index in [1.54, 1.807) is 47.1 Å². The highest BCUT2D eigenvalue weighted by molar-refractivity contribution is 6.30. The van der Waals surface area contributed by atoms with Crippen molar-refractivity contribution >= 4 is 39.4 Å². The molecule has 196 valence electrons. The molecule has 0 bridgehead atoms. The van der Waals surface area contributed by atoms with Gasteiger partial charge in [-0.25, -0.2) is 24.0 Å². The van der Waals surface area contributed by atoms with E-state index < -0.39 is 11.4 Å². The van der Waals surface area contributed by atoms with Crippen LogP contribution in [0.1, 0.15) is 17.0 Å². The minimum atomic E-state index is -0.632. The van der Waals surface area contributed by atoms with Crippen LogP contribution in [0.2, 0.25) is 5.02 Å². The highest BCUT2D eigenvalue weighted by atomic mass is 35.5. The van der Waals surface area contributed by atoms with Crippen LogP contribution in [0.5, 0.6) is 5.75 Å². The second-order valence-corrected chi connectivity index (χ2v) is 9.39. The van der Waals surface area contributed by atoms with Crippen LogP contribution in [-0.2, 0) is 13.1 Å². The van der Waals surface area contributed by atoms with Gasteiger partial charge in [0.05, 0.1) is 27.9 Å². The van der Waals surface area contributed by atoms with Gasteiger partial charge < -0.3 is 10.8 Å². The van der Waals surface area contributed by atoms with Gasteiger partial charge >= 0.3 is 0 Å². The number of halogens is 2. The first-order valence-electron chi connectivity index (χ1n) is 12.0. The van der Waals surface area contributed by atoms with E-state index in [4.69, 9.17) is 33.8 Å². The molecule has 9 nitrogen and oxygen atoms in total. The maximum atomic E-state index is 14.9. The summed E-state index contributed by atoms with van der Waals surface area (Å²) in [4.78, 5) is 27.1. The lowest BCUT2D eigenvalue weighted by atomic mass is 10.1. The fourth-order valence-corrected chi connectivity index (χ4v) is 4.84. The SMILES string of the molecule is C#Cc1cccc2nc(Cn3nc(-c4ccc(O)cc4)c4c(N)ncnc43)n(Cc3cccc(Cl)c3F)c(=O)c12. The molecule has 11 heteroatoms. The molecule has 0 saturated carbocycles. The zero-order chi connectivity index (χ0) is 28.0. The van der Waals surface area contributed by atoms with Gasteiger partial charge in [-0.05, 0) is 42.5 Å². The number of phenols is 1. The number of fused-ring (bicyclic) bond motifs is 2. The molecule has 0 aliphatic rings. The number of nitrogen functional groups attached to an aromatic ring is 1. The van der Waals surface area contributed by atoms with Gasteiger partial charge in [0.2, 0.25) is 0 Å². The standard InChI is InChI=1S/C29H19ClFN7O2/c1-2-16-5-4-8-21-23(16)29(40)37(13-18-6-3-7-20(30)25(18)31)22(35-21)14-38-28-24(27(32)33-15-34-28)26(36-38)17-9-11-19(39)12-10-17/h1,3-12,15,39H,13-14H2,(H2,32,33,34). The van der Waals surface area contributed by atoms with Gasteiger partial charge in [-0.3, -0.25) is 9.36 Å². The summed E-state index contributed by atoms with van der Waals surface area (Å²) in [6.45, 7) is -0.164. The van der Waals surface area contributed by atoms with Crippen molar-refractivity contribution in [2.45, 2.75) is 13.1 Å². The number of aromatic hydroxyl groups is 1. The molecule has 0 saturated heterocycles. The number of nitrogens with two attached hydrogens (primary N) is 1. The van der Waals surface area contributed by atoms with Gasteiger partial charge in [-0.1, -0.05) is 35.7 Å². The molecule has 0 aliphatic heterocycles. The second-order valence-electron chi connectivity index (χ2n) is 8.99. The maximum Gasteiger partial charge on any atom is 0.263 e. The predicted octanol–water partition coefficient (Wildman–Crippen LogP) is 4.36. The fraction of sp³-hybridized carbons (Fsp3) is 0.0690. The van der Waals surface area contributed by atoms with Gasteiger partial charge in [0, 0.05) is 16.7 Å². The molecule has 3 N–H and O–H groups in total. The summed E-state index contributed by atoms with van der Waals surface area (Å²) in [7, 11) is 0. The predicted molar refractivity (Wildman–Crippen MR) is 150 cm³/mol. The first kappa shape index (κ1) is 25.0. The van der Waals surface area contributed by atoms with E-state index in [1.807, 2.05) is 0 Å². The lowest BCUT2D eigenvalue weighted by molar-refractivity contribution is 0.475. The van der Waals surface area contributed by atoms with E-state index in [0.29, 0.717) is 33.4 Å². The molecule has 3 heterocycles. The summed E-state index contributed by atoms with van der Waals surface area (Å²) in [6.07, 6.45) is 6.99. The molecule has 0 aliphatic carbocycles. The van der Waals surface area contributed by atoms with E-state index in [-0.39, 0.29) is 46.5 Å². The number of benzene rings is 3. The molecule has 6 aromatic rings. The summed E-state index contributed by atoms with van der Waals surface area (Å²) in [6, 6.07) is 16.1. The number of hydrogen-bond donors (Lipinski definition) is 2. The molecule has 0 fully saturated rings.